The summed E-state index contributed by atoms with van der Waals surface area (Å²) in [5.41, 5.74) is 0. The molecular weight excluding hydrogens is 132 g/mol. The second-order valence-electron chi connectivity index (χ2n) is 3.03. The number of rotatable bonds is 0. The first-order valence-corrected chi connectivity index (χ1v) is 3.38. The van der Waals surface area contributed by atoms with E-state index in [0.717, 1.165) is 0 Å². The van der Waals surface area contributed by atoms with Crippen LogP contribution in [0.3, 0.4) is 0 Å². The van der Waals surface area contributed by atoms with Crippen LogP contribution in [0.15, 0.2) is 0 Å². The number of esters is 1. The zero-order valence-electron chi connectivity index (χ0n) is 6.51. The van der Waals surface area contributed by atoms with Crippen LogP contribution in [-0.2, 0) is 14.3 Å². The van der Waals surface area contributed by atoms with Gasteiger partial charge in [0.2, 0.25) is 5.79 Å². The molecule has 3 heteroatoms. The van der Waals surface area contributed by atoms with Gasteiger partial charge in [-0.05, 0) is 6.92 Å². The maximum atomic E-state index is 10.9. The van der Waals surface area contributed by atoms with Gasteiger partial charge in [0, 0.05) is 13.8 Å². The number of carbonyl (C=O) groups is 1. The summed E-state index contributed by atoms with van der Waals surface area (Å²) >= 11 is 0. The second-order valence-corrected chi connectivity index (χ2v) is 3.03. The van der Waals surface area contributed by atoms with Gasteiger partial charge in [0.05, 0.1) is 12.5 Å². The largest absolute Gasteiger partial charge is 0.433 e. The Morgan fingerprint density at radius 2 is 2.20 bits per heavy atom. The maximum Gasteiger partial charge on any atom is 0.313 e. The van der Waals surface area contributed by atoms with Crippen LogP contribution in [0, 0.1) is 5.92 Å². The number of hydrogen-bond acceptors (Lipinski definition) is 3. The zero-order valence-corrected chi connectivity index (χ0v) is 6.51. The number of hydrogen-bond donors (Lipinski definition) is 0. The molecule has 0 aromatic heterocycles. The van der Waals surface area contributed by atoms with E-state index >= 15 is 0 Å². The Morgan fingerprint density at radius 1 is 1.60 bits per heavy atom. The molecule has 0 spiro atoms. The van der Waals surface area contributed by atoms with Crippen molar-refractivity contribution < 1.29 is 14.3 Å². The Bertz CT molecular complexity index is 151. The molecule has 1 atom stereocenters. The summed E-state index contributed by atoms with van der Waals surface area (Å²) in [6.07, 6.45) is 0. The summed E-state index contributed by atoms with van der Waals surface area (Å²) in [4.78, 5) is 10.9. The monoisotopic (exact) mass is 144 g/mol. The maximum absolute atomic E-state index is 10.9. The average Bonchev–Trinajstić information content (AvgIpc) is 1.79. The fourth-order valence-corrected chi connectivity index (χ4v) is 0.766. The highest BCUT2D eigenvalue weighted by molar-refractivity contribution is 5.73. The fraction of sp³-hybridized carbons (Fsp3) is 0.857. The topological polar surface area (TPSA) is 35.5 Å². The van der Waals surface area contributed by atoms with Crippen LogP contribution in [0.2, 0.25) is 0 Å². The van der Waals surface area contributed by atoms with Crippen LogP contribution in [0.25, 0.3) is 0 Å². The van der Waals surface area contributed by atoms with E-state index in [1.165, 1.54) is 0 Å². The molecule has 0 aromatic carbocycles. The Kier molecular flexibility index (Phi) is 1.68. The first-order chi connectivity index (χ1) is 4.51. The Labute approximate surface area is 60.3 Å². The van der Waals surface area contributed by atoms with Gasteiger partial charge in [-0.1, -0.05) is 0 Å². The van der Waals surface area contributed by atoms with E-state index in [1.54, 1.807) is 20.8 Å². The Balaban J connectivity index is 2.57. The summed E-state index contributed by atoms with van der Waals surface area (Å²) in [5.74, 6) is -1.01. The molecule has 58 valence electrons. The van der Waals surface area contributed by atoms with Crippen LogP contribution in [-0.4, -0.2) is 18.4 Å². The van der Waals surface area contributed by atoms with E-state index in [-0.39, 0.29) is 11.9 Å². The fourth-order valence-electron chi connectivity index (χ4n) is 0.766. The molecule has 0 radical (unpaired) electrons. The predicted molar refractivity (Wildman–Crippen MR) is 35.3 cm³/mol. The minimum Gasteiger partial charge on any atom is -0.433 e. The summed E-state index contributed by atoms with van der Waals surface area (Å²) in [6.45, 7) is 5.72. The van der Waals surface area contributed by atoms with Crippen molar-refractivity contribution in [3.63, 3.8) is 0 Å². The van der Waals surface area contributed by atoms with E-state index in [4.69, 9.17) is 9.47 Å². The van der Waals surface area contributed by atoms with Crippen LogP contribution >= 0.6 is 0 Å². The Morgan fingerprint density at radius 3 is 2.60 bits per heavy atom. The standard InChI is InChI=1S/C7H12O3/c1-5-4-9-7(2,3)10-6(5)8/h5H,4H2,1-3H3. The van der Waals surface area contributed by atoms with Crippen molar-refractivity contribution in [2.24, 2.45) is 5.92 Å². The van der Waals surface area contributed by atoms with E-state index in [9.17, 15) is 4.79 Å². The third kappa shape index (κ3) is 1.48. The van der Waals surface area contributed by atoms with Gasteiger partial charge in [0.25, 0.3) is 0 Å². The molecule has 0 aromatic rings. The molecule has 10 heavy (non-hydrogen) atoms. The van der Waals surface area contributed by atoms with E-state index in [1.807, 2.05) is 0 Å². The normalized spacial score (nSPS) is 31.5. The van der Waals surface area contributed by atoms with Crippen molar-refractivity contribution in [2.45, 2.75) is 26.6 Å². The summed E-state index contributed by atoms with van der Waals surface area (Å²) in [7, 11) is 0. The lowest BCUT2D eigenvalue weighted by molar-refractivity contribution is -0.246. The second kappa shape index (κ2) is 2.23. The number of cyclic esters (lactones) is 1. The van der Waals surface area contributed by atoms with Crippen LogP contribution < -0.4 is 0 Å². The predicted octanol–water partition coefficient (Wildman–Crippen LogP) is 0.932. The van der Waals surface area contributed by atoms with Gasteiger partial charge in [-0.2, -0.15) is 0 Å². The van der Waals surface area contributed by atoms with Crippen molar-refractivity contribution in [3.05, 3.63) is 0 Å². The van der Waals surface area contributed by atoms with Gasteiger partial charge in [0.1, 0.15) is 0 Å². The molecule has 1 aliphatic heterocycles. The molecule has 1 heterocycles. The van der Waals surface area contributed by atoms with Crippen LogP contribution in [0.1, 0.15) is 20.8 Å². The highest BCUT2D eigenvalue weighted by Gasteiger charge is 2.32. The van der Waals surface area contributed by atoms with Gasteiger partial charge in [-0.15, -0.1) is 0 Å². The van der Waals surface area contributed by atoms with E-state index < -0.39 is 5.79 Å². The molecular formula is C7H12O3. The van der Waals surface area contributed by atoms with E-state index in [2.05, 4.69) is 0 Å². The molecule has 1 saturated heterocycles. The third-order valence-electron chi connectivity index (χ3n) is 1.43. The van der Waals surface area contributed by atoms with Crippen molar-refractivity contribution in [3.8, 4) is 0 Å². The number of ether oxygens (including phenoxy) is 2. The molecule has 0 amide bonds. The lowest BCUT2D eigenvalue weighted by atomic mass is 10.2. The van der Waals surface area contributed by atoms with Crippen molar-refractivity contribution in [1.29, 1.82) is 0 Å². The minimum absolute atomic E-state index is 0.118. The quantitative estimate of drug-likeness (QED) is 0.474. The minimum atomic E-state index is -0.719. The molecule has 1 unspecified atom stereocenters. The SMILES string of the molecule is CC1COC(C)(C)OC1=O. The van der Waals surface area contributed by atoms with E-state index in [0.29, 0.717) is 6.61 Å². The van der Waals surface area contributed by atoms with Crippen molar-refractivity contribution in [2.75, 3.05) is 6.61 Å². The molecule has 3 nitrogen and oxygen atoms in total. The van der Waals surface area contributed by atoms with Gasteiger partial charge in [-0.25, -0.2) is 0 Å². The first-order valence-electron chi connectivity index (χ1n) is 3.38. The molecule has 1 fully saturated rings. The summed E-state index contributed by atoms with van der Waals surface area (Å²) in [5, 5.41) is 0. The van der Waals surface area contributed by atoms with Gasteiger partial charge in [-0.3, -0.25) is 4.79 Å². The summed E-state index contributed by atoms with van der Waals surface area (Å²) < 4.78 is 10.1. The van der Waals surface area contributed by atoms with Gasteiger partial charge < -0.3 is 9.47 Å². The van der Waals surface area contributed by atoms with Gasteiger partial charge >= 0.3 is 5.97 Å². The smallest absolute Gasteiger partial charge is 0.313 e. The zero-order chi connectivity index (χ0) is 7.78. The molecule has 1 aliphatic rings. The lowest BCUT2D eigenvalue weighted by Crippen LogP contribution is -2.41. The molecule has 0 saturated carbocycles. The molecule has 0 aliphatic carbocycles. The van der Waals surface area contributed by atoms with Crippen LogP contribution in [0.4, 0.5) is 0 Å². The highest BCUT2D eigenvalue weighted by Crippen LogP contribution is 2.20. The highest BCUT2D eigenvalue weighted by atomic mass is 16.7. The lowest BCUT2D eigenvalue weighted by Gasteiger charge is -2.32. The first kappa shape index (κ1) is 7.54. The van der Waals surface area contributed by atoms with Crippen molar-refractivity contribution >= 4 is 5.97 Å². The number of carbonyl (C=O) groups excluding carboxylic acids is 1. The molecule has 0 N–H and O–H groups in total. The average molecular weight is 144 g/mol. The summed E-state index contributed by atoms with van der Waals surface area (Å²) in [6, 6.07) is 0. The van der Waals surface area contributed by atoms with Crippen LogP contribution in [0.5, 0.6) is 0 Å². The Hall–Kier alpha value is -0.570. The van der Waals surface area contributed by atoms with Gasteiger partial charge in [0.15, 0.2) is 0 Å². The molecule has 1 rings (SSSR count). The van der Waals surface area contributed by atoms with Crippen molar-refractivity contribution in [1.82, 2.24) is 0 Å². The molecule has 0 bridgehead atoms. The third-order valence-corrected chi connectivity index (χ3v) is 1.43.